The van der Waals surface area contributed by atoms with Crippen LogP contribution in [0.1, 0.15) is 21.5 Å². The second kappa shape index (κ2) is 4.91. The minimum Gasteiger partial charge on any atom is -0.399 e. The highest BCUT2D eigenvalue weighted by Gasteiger charge is 2.14. The fraction of sp³-hybridized carbons (Fsp3) is 0.231. The van der Waals surface area contributed by atoms with Gasteiger partial charge in [-0.05, 0) is 30.7 Å². The van der Waals surface area contributed by atoms with Crippen LogP contribution in [0.2, 0.25) is 0 Å². The molecule has 1 aromatic heterocycles. The fourth-order valence-electron chi connectivity index (χ4n) is 1.84. The molecule has 0 saturated heterocycles. The molecule has 0 unspecified atom stereocenters. The van der Waals surface area contributed by atoms with E-state index in [0.717, 1.165) is 11.1 Å². The van der Waals surface area contributed by atoms with E-state index in [1.807, 2.05) is 6.92 Å². The molecule has 1 aromatic carbocycles. The highest BCUT2D eigenvalue weighted by atomic mass is 16.2. The number of nitrogens with one attached hydrogen (secondary N) is 1. The van der Waals surface area contributed by atoms with Crippen LogP contribution < -0.4 is 5.73 Å². The lowest BCUT2D eigenvalue weighted by atomic mass is 10.1. The van der Waals surface area contributed by atoms with Gasteiger partial charge >= 0.3 is 0 Å². The summed E-state index contributed by atoms with van der Waals surface area (Å²) in [4.78, 5) is 13.9. The molecule has 2 aromatic rings. The van der Waals surface area contributed by atoms with E-state index in [9.17, 15) is 4.79 Å². The molecule has 0 spiro atoms. The number of carbonyl (C=O) groups excluding carboxylic acids is 1. The van der Waals surface area contributed by atoms with E-state index in [2.05, 4.69) is 10.2 Å². The predicted molar refractivity (Wildman–Crippen MR) is 70.0 cm³/mol. The van der Waals surface area contributed by atoms with Crippen LogP contribution in [-0.4, -0.2) is 28.1 Å². The van der Waals surface area contributed by atoms with Gasteiger partial charge in [0.2, 0.25) is 0 Å². The maximum atomic E-state index is 12.3. The van der Waals surface area contributed by atoms with E-state index in [0.29, 0.717) is 17.8 Å². The molecule has 18 heavy (non-hydrogen) atoms. The number of nitrogen functional groups attached to an aromatic ring is 1. The highest BCUT2D eigenvalue weighted by Crippen LogP contribution is 2.15. The summed E-state index contributed by atoms with van der Waals surface area (Å²) < 4.78 is 0. The van der Waals surface area contributed by atoms with Crippen LogP contribution in [0.3, 0.4) is 0 Å². The normalized spacial score (nSPS) is 10.3. The van der Waals surface area contributed by atoms with Crippen LogP contribution in [-0.2, 0) is 6.54 Å². The molecule has 0 bridgehead atoms. The van der Waals surface area contributed by atoms with Gasteiger partial charge < -0.3 is 10.6 Å². The van der Waals surface area contributed by atoms with Gasteiger partial charge in [0.05, 0.1) is 6.20 Å². The maximum absolute atomic E-state index is 12.3. The largest absolute Gasteiger partial charge is 0.399 e. The lowest BCUT2D eigenvalue weighted by molar-refractivity contribution is 0.0784. The van der Waals surface area contributed by atoms with Crippen LogP contribution >= 0.6 is 0 Å². The molecule has 0 atom stereocenters. The minimum atomic E-state index is -0.0197. The second-order valence-corrected chi connectivity index (χ2v) is 4.34. The van der Waals surface area contributed by atoms with E-state index in [4.69, 9.17) is 5.73 Å². The Balaban J connectivity index is 2.15. The van der Waals surface area contributed by atoms with Gasteiger partial charge in [0.15, 0.2) is 0 Å². The van der Waals surface area contributed by atoms with Crippen LogP contribution in [0.5, 0.6) is 0 Å². The molecule has 0 radical (unpaired) electrons. The molecule has 3 N–H and O–H groups in total. The van der Waals surface area contributed by atoms with Crippen molar-refractivity contribution in [2.45, 2.75) is 13.5 Å². The summed E-state index contributed by atoms with van der Waals surface area (Å²) in [6, 6.07) is 5.31. The Morgan fingerprint density at radius 1 is 1.50 bits per heavy atom. The fourth-order valence-corrected chi connectivity index (χ4v) is 1.84. The van der Waals surface area contributed by atoms with Crippen molar-refractivity contribution in [3.63, 3.8) is 0 Å². The quantitative estimate of drug-likeness (QED) is 0.805. The summed E-state index contributed by atoms with van der Waals surface area (Å²) in [7, 11) is 1.77. The third-order valence-electron chi connectivity index (χ3n) is 2.80. The lowest BCUT2D eigenvalue weighted by Gasteiger charge is -2.17. The van der Waals surface area contributed by atoms with Gasteiger partial charge in [-0.2, -0.15) is 5.10 Å². The molecule has 5 heteroatoms. The minimum absolute atomic E-state index is 0.0197. The zero-order valence-corrected chi connectivity index (χ0v) is 10.5. The number of hydrogen-bond acceptors (Lipinski definition) is 3. The number of H-pyrrole nitrogens is 1. The molecule has 0 aliphatic carbocycles. The van der Waals surface area contributed by atoms with Gasteiger partial charge in [0, 0.05) is 36.6 Å². The summed E-state index contributed by atoms with van der Waals surface area (Å²) in [5, 5.41) is 6.59. The van der Waals surface area contributed by atoms with Crippen molar-refractivity contribution in [1.82, 2.24) is 15.1 Å². The van der Waals surface area contributed by atoms with E-state index in [-0.39, 0.29) is 5.91 Å². The second-order valence-electron chi connectivity index (χ2n) is 4.34. The van der Waals surface area contributed by atoms with Crippen molar-refractivity contribution < 1.29 is 4.79 Å². The van der Waals surface area contributed by atoms with Crippen LogP contribution in [0, 0.1) is 6.92 Å². The number of nitrogens with two attached hydrogens (primary N) is 1. The van der Waals surface area contributed by atoms with Crippen LogP contribution in [0.4, 0.5) is 5.69 Å². The number of amides is 1. The zero-order chi connectivity index (χ0) is 13.1. The van der Waals surface area contributed by atoms with Crippen molar-refractivity contribution in [2.24, 2.45) is 0 Å². The van der Waals surface area contributed by atoms with Crippen molar-refractivity contribution in [3.8, 4) is 0 Å². The van der Waals surface area contributed by atoms with Gasteiger partial charge in [-0.15, -0.1) is 0 Å². The van der Waals surface area contributed by atoms with Crippen molar-refractivity contribution >= 4 is 11.6 Å². The third-order valence-corrected chi connectivity index (χ3v) is 2.80. The SMILES string of the molecule is Cc1cc(N)ccc1C(=O)N(C)Cc1cn[nH]c1. The van der Waals surface area contributed by atoms with E-state index >= 15 is 0 Å². The molecule has 94 valence electrons. The number of rotatable bonds is 3. The zero-order valence-electron chi connectivity index (χ0n) is 10.5. The first kappa shape index (κ1) is 12.2. The first-order chi connectivity index (χ1) is 8.58. The Labute approximate surface area is 106 Å². The molecular weight excluding hydrogens is 228 g/mol. The smallest absolute Gasteiger partial charge is 0.254 e. The van der Waals surface area contributed by atoms with E-state index < -0.39 is 0 Å². The van der Waals surface area contributed by atoms with Gasteiger partial charge in [0.25, 0.3) is 5.91 Å². The summed E-state index contributed by atoms with van der Waals surface area (Å²) in [5.74, 6) is -0.0197. The first-order valence-corrected chi connectivity index (χ1v) is 5.67. The number of hydrogen-bond donors (Lipinski definition) is 2. The van der Waals surface area contributed by atoms with Crippen molar-refractivity contribution in [1.29, 1.82) is 0 Å². The molecule has 0 aliphatic rings. The maximum Gasteiger partial charge on any atom is 0.254 e. The topological polar surface area (TPSA) is 75.0 Å². The number of aromatic nitrogens is 2. The molecule has 1 amide bonds. The number of nitrogens with zero attached hydrogens (tertiary/aromatic N) is 2. The number of aromatic amines is 1. The monoisotopic (exact) mass is 244 g/mol. The number of aryl methyl sites for hydroxylation is 1. The Bertz CT molecular complexity index is 548. The van der Waals surface area contributed by atoms with Crippen molar-refractivity contribution in [2.75, 3.05) is 12.8 Å². The average molecular weight is 244 g/mol. The molecule has 0 fully saturated rings. The third kappa shape index (κ3) is 2.51. The standard InChI is InChI=1S/C13H16N4O/c1-9-5-11(14)3-4-12(9)13(18)17(2)8-10-6-15-16-7-10/h3-7H,8,14H2,1-2H3,(H,15,16). The molecule has 0 saturated carbocycles. The Morgan fingerprint density at radius 3 is 2.89 bits per heavy atom. The summed E-state index contributed by atoms with van der Waals surface area (Å²) >= 11 is 0. The Hall–Kier alpha value is -2.30. The van der Waals surface area contributed by atoms with Crippen LogP contribution in [0.15, 0.2) is 30.6 Å². The molecular formula is C13H16N4O. The van der Waals surface area contributed by atoms with Crippen LogP contribution in [0.25, 0.3) is 0 Å². The Morgan fingerprint density at radius 2 is 2.28 bits per heavy atom. The summed E-state index contributed by atoms with van der Waals surface area (Å²) in [6.07, 6.45) is 3.49. The van der Waals surface area contributed by atoms with Gasteiger partial charge in [0.1, 0.15) is 0 Å². The van der Waals surface area contributed by atoms with Gasteiger partial charge in [-0.25, -0.2) is 0 Å². The van der Waals surface area contributed by atoms with Gasteiger partial charge in [-0.1, -0.05) is 0 Å². The average Bonchev–Trinajstić information content (AvgIpc) is 2.81. The summed E-state index contributed by atoms with van der Waals surface area (Å²) in [6.45, 7) is 2.41. The number of benzene rings is 1. The predicted octanol–water partition coefficient (Wildman–Crippen LogP) is 1.57. The van der Waals surface area contributed by atoms with Crippen molar-refractivity contribution in [3.05, 3.63) is 47.3 Å². The molecule has 2 rings (SSSR count). The van der Waals surface area contributed by atoms with E-state index in [1.54, 1.807) is 42.5 Å². The van der Waals surface area contributed by atoms with E-state index in [1.165, 1.54) is 0 Å². The lowest BCUT2D eigenvalue weighted by Crippen LogP contribution is -2.26. The molecule has 5 nitrogen and oxygen atoms in total. The highest BCUT2D eigenvalue weighted by molar-refractivity contribution is 5.95. The number of carbonyl (C=O) groups is 1. The molecule has 1 heterocycles. The summed E-state index contributed by atoms with van der Waals surface area (Å²) in [5.41, 5.74) is 8.88. The first-order valence-electron chi connectivity index (χ1n) is 5.67. The van der Waals surface area contributed by atoms with Gasteiger partial charge in [-0.3, -0.25) is 9.89 Å². The molecule has 0 aliphatic heterocycles. The number of anilines is 1. The Kier molecular flexibility index (Phi) is 3.32.